The SMILES string of the molecule is CC(C)OC(=O)[C@@H](C)NP(=O)(OC[C@H]1O[C@@H](n2ccc(=O)[nH]c2=O)[C@](C)(Cl)[C@@H]1O)Sc1ccccc1. The lowest BCUT2D eigenvalue weighted by Gasteiger charge is -2.26. The van der Waals surface area contributed by atoms with Crippen LogP contribution in [0.4, 0.5) is 0 Å². The number of aromatic amines is 1. The van der Waals surface area contributed by atoms with Crippen LogP contribution in [0.3, 0.4) is 0 Å². The number of esters is 1. The number of hydrogen-bond acceptors (Lipinski definition) is 9. The summed E-state index contributed by atoms with van der Waals surface area (Å²) in [5.41, 5.74) is -1.36. The fraction of sp³-hybridized carbons (Fsp3) is 0.500. The number of carbonyl (C=O) groups excluding carboxylic acids is 1. The number of aliphatic hydroxyl groups excluding tert-OH is 1. The number of nitrogens with one attached hydrogen (secondary N) is 2. The minimum absolute atomic E-state index is 0.361. The van der Waals surface area contributed by atoms with Gasteiger partial charge in [0.05, 0.1) is 12.7 Å². The van der Waals surface area contributed by atoms with Crippen LogP contribution in [-0.4, -0.2) is 56.5 Å². The molecular weight excluding hydrogens is 533 g/mol. The Kier molecular flexibility index (Phi) is 9.26. The van der Waals surface area contributed by atoms with E-state index < -0.39 is 53.3 Å². The van der Waals surface area contributed by atoms with E-state index in [1.54, 1.807) is 44.2 Å². The quantitative estimate of drug-likeness (QED) is 0.224. The molecule has 6 atom stereocenters. The molecule has 0 radical (unpaired) electrons. The second kappa shape index (κ2) is 11.6. The normalized spacial score (nSPS) is 26.5. The molecule has 1 fully saturated rings. The topological polar surface area (TPSA) is 149 Å². The van der Waals surface area contributed by atoms with Crippen LogP contribution in [0.2, 0.25) is 0 Å². The molecule has 0 bridgehead atoms. The molecule has 1 saturated heterocycles. The highest BCUT2D eigenvalue weighted by atomic mass is 35.5. The summed E-state index contributed by atoms with van der Waals surface area (Å²) >= 11 is 7.44. The second-order valence-electron chi connectivity index (χ2n) is 8.67. The number of nitrogens with zero attached hydrogens (tertiary/aromatic N) is 1. The fourth-order valence-corrected chi connectivity index (χ4v) is 7.60. The minimum atomic E-state index is -3.81. The number of carbonyl (C=O) groups is 1. The summed E-state index contributed by atoms with van der Waals surface area (Å²) in [5, 5.41) is 13.6. The van der Waals surface area contributed by atoms with E-state index in [1.165, 1.54) is 20.0 Å². The summed E-state index contributed by atoms with van der Waals surface area (Å²) in [7, 11) is 0. The van der Waals surface area contributed by atoms with Gasteiger partial charge in [0.2, 0.25) is 0 Å². The van der Waals surface area contributed by atoms with Crippen molar-refractivity contribution in [1.29, 1.82) is 0 Å². The molecule has 0 spiro atoms. The average molecular weight is 562 g/mol. The summed E-state index contributed by atoms with van der Waals surface area (Å²) in [4.78, 5) is 37.3. The van der Waals surface area contributed by atoms with E-state index >= 15 is 0 Å². The number of alkyl halides is 1. The number of aliphatic hydroxyl groups is 1. The smallest absolute Gasteiger partial charge is 0.332 e. The van der Waals surface area contributed by atoms with Crippen molar-refractivity contribution in [2.24, 2.45) is 0 Å². The van der Waals surface area contributed by atoms with Crippen LogP contribution in [-0.2, 0) is 23.4 Å². The van der Waals surface area contributed by atoms with Gasteiger partial charge in [0.15, 0.2) is 6.23 Å². The summed E-state index contributed by atoms with van der Waals surface area (Å²) in [5.74, 6) is -0.606. The van der Waals surface area contributed by atoms with Crippen molar-refractivity contribution in [2.75, 3.05) is 6.61 Å². The summed E-state index contributed by atoms with van der Waals surface area (Å²) in [6.07, 6.45) is -2.72. The molecule has 3 rings (SSSR count). The van der Waals surface area contributed by atoms with Gasteiger partial charge in [-0.05, 0) is 51.2 Å². The molecule has 0 saturated carbocycles. The lowest BCUT2D eigenvalue weighted by atomic mass is 10.0. The van der Waals surface area contributed by atoms with Gasteiger partial charge in [-0.2, -0.15) is 0 Å². The third-order valence-corrected chi connectivity index (χ3v) is 9.57. The van der Waals surface area contributed by atoms with E-state index in [4.69, 9.17) is 25.6 Å². The lowest BCUT2D eigenvalue weighted by Crippen LogP contribution is -2.43. The maximum atomic E-state index is 13.8. The number of hydrogen-bond donors (Lipinski definition) is 3. The van der Waals surface area contributed by atoms with Crippen molar-refractivity contribution < 1.29 is 28.5 Å². The fourth-order valence-electron chi connectivity index (χ4n) is 3.47. The molecule has 2 aromatic rings. The van der Waals surface area contributed by atoms with E-state index in [0.717, 1.165) is 22.0 Å². The van der Waals surface area contributed by atoms with Gasteiger partial charge in [-0.15, -0.1) is 11.6 Å². The lowest BCUT2D eigenvalue weighted by molar-refractivity contribution is -0.149. The van der Waals surface area contributed by atoms with Gasteiger partial charge in [-0.3, -0.25) is 23.7 Å². The van der Waals surface area contributed by atoms with Gasteiger partial charge >= 0.3 is 18.4 Å². The van der Waals surface area contributed by atoms with Crippen LogP contribution in [0.15, 0.2) is 57.1 Å². The molecular formula is C22H29ClN3O8PS. The standard InChI is InChI=1S/C22H29ClN3O8PS/c1-13(2)33-19(29)14(3)25-35(31,36-15-8-6-5-7-9-15)32-12-16-18(28)22(4,23)20(34-16)26-11-10-17(27)24-21(26)30/h5-11,13-14,16,18,20,28H,12H2,1-4H3,(H,25,31)(H,24,27,30)/t14-,16-,18-,20-,22-,35?/m1/s1. The first kappa shape index (κ1) is 28.6. The number of ether oxygens (including phenoxy) is 2. The highest BCUT2D eigenvalue weighted by Crippen LogP contribution is 2.60. The Morgan fingerprint density at radius 1 is 1.31 bits per heavy atom. The molecule has 1 aliphatic rings. The van der Waals surface area contributed by atoms with Crippen molar-refractivity contribution in [1.82, 2.24) is 14.6 Å². The molecule has 198 valence electrons. The third kappa shape index (κ3) is 6.89. The van der Waals surface area contributed by atoms with Crippen LogP contribution < -0.4 is 16.3 Å². The van der Waals surface area contributed by atoms with Crippen LogP contribution in [0.25, 0.3) is 0 Å². The Balaban J connectivity index is 1.80. The van der Waals surface area contributed by atoms with Crippen LogP contribution >= 0.6 is 29.7 Å². The second-order valence-corrected chi connectivity index (χ2v) is 13.6. The number of rotatable bonds is 10. The molecule has 1 unspecified atom stereocenters. The Morgan fingerprint density at radius 3 is 2.58 bits per heavy atom. The molecule has 36 heavy (non-hydrogen) atoms. The van der Waals surface area contributed by atoms with Gasteiger partial charge in [0, 0.05) is 17.2 Å². The zero-order chi connectivity index (χ0) is 26.7. The van der Waals surface area contributed by atoms with Crippen molar-refractivity contribution >= 4 is 35.7 Å². The molecule has 0 amide bonds. The molecule has 11 nitrogen and oxygen atoms in total. The van der Waals surface area contributed by atoms with Crippen LogP contribution in [0.5, 0.6) is 0 Å². The van der Waals surface area contributed by atoms with E-state index in [-0.39, 0.29) is 12.7 Å². The van der Waals surface area contributed by atoms with E-state index in [2.05, 4.69) is 10.1 Å². The molecule has 14 heteroatoms. The Hall–Kier alpha value is -1.92. The van der Waals surface area contributed by atoms with Gasteiger partial charge in [0.25, 0.3) is 5.56 Å². The molecule has 1 aliphatic heterocycles. The largest absolute Gasteiger partial charge is 0.462 e. The maximum Gasteiger partial charge on any atom is 0.332 e. The molecule has 3 N–H and O–H groups in total. The average Bonchev–Trinajstić information content (AvgIpc) is 3.01. The molecule has 2 heterocycles. The zero-order valence-corrected chi connectivity index (χ0v) is 22.6. The Bertz CT molecular complexity index is 1220. The van der Waals surface area contributed by atoms with Gasteiger partial charge < -0.3 is 19.1 Å². The van der Waals surface area contributed by atoms with Crippen molar-refractivity contribution in [2.45, 2.75) is 68.0 Å². The van der Waals surface area contributed by atoms with E-state index in [0.29, 0.717) is 4.90 Å². The van der Waals surface area contributed by atoms with E-state index in [1.807, 2.05) is 0 Å². The van der Waals surface area contributed by atoms with Crippen molar-refractivity contribution in [3.63, 3.8) is 0 Å². The predicted molar refractivity (Wildman–Crippen MR) is 135 cm³/mol. The molecule has 1 aromatic carbocycles. The molecule has 1 aromatic heterocycles. The minimum Gasteiger partial charge on any atom is -0.462 e. The number of benzene rings is 1. The summed E-state index contributed by atoms with van der Waals surface area (Å²) in [6.45, 7) is 2.19. The Morgan fingerprint density at radius 2 is 1.97 bits per heavy atom. The first-order chi connectivity index (χ1) is 16.8. The van der Waals surface area contributed by atoms with E-state index in [9.17, 15) is 24.1 Å². The van der Waals surface area contributed by atoms with Crippen LogP contribution in [0, 0.1) is 0 Å². The number of aromatic nitrogens is 2. The van der Waals surface area contributed by atoms with Gasteiger partial charge in [0.1, 0.15) is 23.1 Å². The monoisotopic (exact) mass is 561 g/mol. The Labute approximate surface area is 216 Å². The first-order valence-corrected chi connectivity index (χ1v) is 14.6. The summed E-state index contributed by atoms with van der Waals surface area (Å²) < 4.78 is 31.6. The summed E-state index contributed by atoms with van der Waals surface area (Å²) in [6, 6.07) is 8.95. The first-order valence-electron chi connectivity index (χ1n) is 11.1. The third-order valence-electron chi connectivity index (χ3n) is 5.26. The van der Waals surface area contributed by atoms with Crippen LogP contribution in [0.1, 0.15) is 33.9 Å². The highest BCUT2D eigenvalue weighted by Gasteiger charge is 2.54. The van der Waals surface area contributed by atoms with Gasteiger partial charge in [-0.1, -0.05) is 18.2 Å². The zero-order valence-electron chi connectivity index (χ0n) is 20.1. The predicted octanol–water partition coefficient (Wildman–Crippen LogP) is 2.64. The van der Waals surface area contributed by atoms with Gasteiger partial charge in [-0.25, -0.2) is 9.88 Å². The number of H-pyrrole nitrogens is 1. The number of halogens is 1. The highest BCUT2D eigenvalue weighted by molar-refractivity contribution is 8.56. The molecule has 0 aliphatic carbocycles. The van der Waals surface area contributed by atoms with Crippen molar-refractivity contribution in [3.8, 4) is 0 Å². The maximum absolute atomic E-state index is 13.8. The van der Waals surface area contributed by atoms with Crippen molar-refractivity contribution in [3.05, 3.63) is 63.4 Å².